The highest BCUT2D eigenvalue weighted by Gasteiger charge is 2.27. The molecule has 6 rings (SSSR count). The van der Waals surface area contributed by atoms with Crippen LogP contribution in [0.15, 0.2) is 30.6 Å². The van der Waals surface area contributed by atoms with Crippen LogP contribution in [0.1, 0.15) is 63.4 Å². The zero-order valence-electron chi connectivity index (χ0n) is 25.9. The van der Waals surface area contributed by atoms with E-state index >= 15 is 0 Å². The smallest absolute Gasteiger partial charge is 0.291 e. The minimum Gasteiger partial charge on any atom is -0.327 e. The van der Waals surface area contributed by atoms with Crippen LogP contribution in [-0.4, -0.2) is 71.9 Å². The number of nitrogens with one attached hydrogen (secondary N) is 2. The van der Waals surface area contributed by atoms with Crippen molar-refractivity contribution in [3.05, 3.63) is 75.6 Å². The Bertz CT molecular complexity index is 1630. The van der Waals surface area contributed by atoms with Gasteiger partial charge >= 0.3 is 0 Å². The summed E-state index contributed by atoms with van der Waals surface area (Å²) in [7, 11) is 3.78. The monoisotopic (exact) mass is 615 g/mol. The van der Waals surface area contributed by atoms with Gasteiger partial charge in [0.15, 0.2) is 11.6 Å². The maximum atomic E-state index is 13.4. The van der Waals surface area contributed by atoms with E-state index in [0.717, 1.165) is 86.0 Å². The van der Waals surface area contributed by atoms with Gasteiger partial charge in [0.05, 0.1) is 34.0 Å². The first-order valence-electron chi connectivity index (χ1n) is 15.1. The lowest BCUT2D eigenvalue weighted by molar-refractivity contribution is 0.100. The molecule has 2 aliphatic heterocycles. The highest BCUT2D eigenvalue weighted by Crippen LogP contribution is 2.37. The highest BCUT2D eigenvalue weighted by molar-refractivity contribution is 6.36. The van der Waals surface area contributed by atoms with Crippen molar-refractivity contribution in [2.75, 3.05) is 36.8 Å². The van der Waals surface area contributed by atoms with Crippen LogP contribution in [0.4, 0.5) is 11.4 Å². The van der Waals surface area contributed by atoms with E-state index in [2.05, 4.69) is 49.2 Å². The van der Waals surface area contributed by atoms with E-state index in [0.29, 0.717) is 33.6 Å². The van der Waals surface area contributed by atoms with Gasteiger partial charge in [-0.3, -0.25) is 24.4 Å². The zero-order valence-corrected chi connectivity index (χ0v) is 26.6. The maximum absolute atomic E-state index is 13.4. The number of aromatic nitrogens is 5. The van der Waals surface area contributed by atoms with Gasteiger partial charge in [0.2, 0.25) is 0 Å². The number of imidazole rings is 2. The van der Waals surface area contributed by atoms with E-state index in [-0.39, 0.29) is 11.8 Å². The van der Waals surface area contributed by atoms with Crippen molar-refractivity contribution >= 4 is 34.8 Å². The van der Waals surface area contributed by atoms with Gasteiger partial charge in [-0.25, -0.2) is 9.97 Å². The van der Waals surface area contributed by atoms with Gasteiger partial charge in [0.25, 0.3) is 11.8 Å². The van der Waals surface area contributed by atoms with Crippen molar-refractivity contribution in [2.24, 2.45) is 14.1 Å². The van der Waals surface area contributed by atoms with Crippen LogP contribution in [0.5, 0.6) is 0 Å². The molecule has 230 valence electrons. The van der Waals surface area contributed by atoms with Crippen molar-refractivity contribution < 1.29 is 9.59 Å². The van der Waals surface area contributed by atoms with Gasteiger partial charge < -0.3 is 19.8 Å². The summed E-state index contributed by atoms with van der Waals surface area (Å²) in [5, 5.41) is 6.35. The summed E-state index contributed by atoms with van der Waals surface area (Å²) in [6, 6.07) is 5.48. The largest absolute Gasteiger partial charge is 0.327 e. The molecule has 11 nitrogen and oxygen atoms in total. The van der Waals surface area contributed by atoms with Gasteiger partial charge in [-0.05, 0) is 31.6 Å². The first-order chi connectivity index (χ1) is 21.2. The number of amides is 2. The number of anilines is 2. The standard InChI is InChI=1S/C32H38ClN9O2/c1-6-41-13-11-26-24(17-41)35-29(39(26)4)31(43)37-22-10-8-9-20(28(22)33)21-15-34-16-23(19(21)3)38-32(44)30-36-25-18-42(7-2)14-12-27(25)40(30)5/h8-10,15-16H,6-7,11-14,17-18H2,1-5H3,(H,37,43)(H,38,44). The number of pyridine rings is 1. The molecule has 4 aromatic rings. The fraction of sp³-hybridized carbons (Fsp3) is 0.406. The lowest BCUT2D eigenvalue weighted by Gasteiger charge is -2.24. The second kappa shape index (κ2) is 12.1. The van der Waals surface area contributed by atoms with Crippen molar-refractivity contribution in [1.82, 2.24) is 33.9 Å². The number of hydrogen-bond acceptors (Lipinski definition) is 7. The van der Waals surface area contributed by atoms with Crippen LogP contribution < -0.4 is 10.6 Å². The first kappa shape index (κ1) is 30.0. The Labute approximate surface area is 262 Å². The molecule has 0 atom stereocenters. The van der Waals surface area contributed by atoms with Crippen LogP contribution in [0, 0.1) is 6.92 Å². The summed E-state index contributed by atoms with van der Waals surface area (Å²) < 4.78 is 3.78. The predicted octanol–water partition coefficient (Wildman–Crippen LogP) is 4.44. The Morgan fingerprint density at radius 1 is 0.818 bits per heavy atom. The Morgan fingerprint density at radius 3 is 1.91 bits per heavy atom. The highest BCUT2D eigenvalue weighted by atomic mass is 35.5. The number of carbonyl (C=O) groups is 2. The van der Waals surface area contributed by atoms with E-state index in [4.69, 9.17) is 11.6 Å². The molecule has 2 amide bonds. The van der Waals surface area contributed by atoms with Crippen LogP contribution in [0.2, 0.25) is 5.02 Å². The maximum Gasteiger partial charge on any atom is 0.291 e. The average Bonchev–Trinajstić information content (AvgIpc) is 3.54. The third-order valence-electron chi connectivity index (χ3n) is 8.97. The molecule has 0 saturated carbocycles. The van der Waals surface area contributed by atoms with E-state index in [1.807, 2.05) is 42.3 Å². The lowest BCUT2D eigenvalue weighted by Crippen LogP contribution is -2.30. The number of rotatable bonds is 7. The summed E-state index contributed by atoms with van der Waals surface area (Å²) in [5.74, 6) is 0.118. The van der Waals surface area contributed by atoms with Crippen molar-refractivity contribution in [2.45, 2.75) is 46.7 Å². The summed E-state index contributed by atoms with van der Waals surface area (Å²) in [6.07, 6.45) is 5.06. The fourth-order valence-corrected chi connectivity index (χ4v) is 6.50. The van der Waals surface area contributed by atoms with Crippen molar-refractivity contribution in [3.63, 3.8) is 0 Å². The fourth-order valence-electron chi connectivity index (χ4n) is 6.23. The zero-order chi connectivity index (χ0) is 31.1. The minimum atomic E-state index is -0.320. The molecule has 5 heterocycles. The SMILES string of the molecule is CCN1CCc2c(nc(C(=O)Nc3cncc(-c4cccc(NC(=O)c5nc6c(n5C)CCN(CC)C6)c4Cl)c3C)n2C)C1. The number of halogens is 1. The van der Waals surface area contributed by atoms with Gasteiger partial charge in [-0.2, -0.15) is 0 Å². The Morgan fingerprint density at radius 2 is 1.36 bits per heavy atom. The Kier molecular flexibility index (Phi) is 8.28. The number of hydrogen-bond donors (Lipinski definition) is 2. The molecule has 0 spiro atoms. The number of nitrogens with zero attached hydrogens (tertiary/aromatic N) is 7. The normalized spacial score (nSPS) is 15.1. The number of carbonyl (C=O) groups excluding carboxylic acids is 2. The Hall–Kier alpha value is -4.06. The molecule has 12 heteroatoms. The third-order valence-corrected chi connectivity index (χ3v) is 9.38. The van der Waals surface area contributed by atoms with Gasteiger partial charge in [0, 0.05) is 81.8 Å². The second-order valence-corrected chi connectivity index (χ2v) is 11.8. The van der Waals surface area contributed by atoms with Crippen molar-refractivity contribution in [3.8, 4) is 11.1 Å². The van der Waals surface area contributed by atoms with E-state index < -0.39 is 0 Å². The number of fused-ring (bicyclic) bond motifs is 2. The topological polar surface area (TPSA) is 113 Å². The third kappa shape index (κ3) is 5.40. The summed E-state index contributed by atoms with van der Waals surface area (Å²) in [4.78, 5) is 45.2. The summed E-state index contributed by atoms with van der Waals surface area (Å²) >= 11 is 6.90. The van der Waals surface area contributed by atoms with Crippen LogP contribution in [0.3, 0.4) is 0 Å². The molecular weight excluding hydrogens is 578 g/mol. The van der Waals surface area contributed by atoms with Crippen LogP contribution in [-0.2, 0) is 40.0 Å². The summed E-state index contributed by atoms with van der Waals surface area (Å²) in [6.45, 7) is 11.5. The van der Waals surface area contributed by atoms with E-state index in [9.17, 15) is 9.59 Å². The molecule has 0 unspecified atom stereocenters. The van der Waals surface area contributed by atoms with Gasteiger partial charge in [-0.1, -0.05) is 37.6 Å². The molecule has 2 aliphatic rings. The van der Waals surface area contributed by atoms with E-state index in [1.54, 1.807) is 18.5 Å². The number of benzene rings is 1. The quantitative estimate of drug-likeness (QED) is 0.316. The van der Waals surface area contributed by atoms with Crippen molar-refractivity contribution in [1.29, 1.82) is 0 Å². The van der Waals surface area contributed by atoms with Crippen LogP contribution in [0.25, 0.3) is 11.1 Å². The molecular formula is C32H38ClN9O2. The molecule has 44 heavy (non-hydrogen) atoms. The van der Waals surface area contributed by atoms with E-state index in [1.165, 1.54) is 0 Å². The Balaban J connectivity index is 1.23. The molecule has 0 saturated heterocycles. The molecule has 3 aromatic heterocycles. The lowest BCUT2D eigenvalue weighted by atomic mass is 10.0. The first-order valence-corrected chi connectivity index (χ1v) is 15.5. The second-order valence-electron chi connectivity index (χ2n) is 11.4. The molecule has 0 radical (unpaired) electrons. The average molecular weight is 616 g/mol. The van der Waals surface area contributed by atoms with Gasteiger partial charge in [0.1, 0.15) is 0 Å². The predicted molar refractivity (Wildman–Crippen MR) is 171 cm³/mol. The van der Waals surface area contributed by atoms with Crippen LogP contribution >= 0.6 is 11.6 Å². The molecule has 0 fully saturated rings. The summed E-state index contributed by atoms with van der Waals surface area (Å²) in [5.41, 5.74) is 7.36. The minimum absolute atomic E-state index is 0.293. The van der Waals surface area contributed by atoms with Gasteiger partial charge in [-0.15, -0.1) is 0 Å². The molecule has 2 N–H and O–H groups in total. The molecule has 1 aromatic carbocycles. The molecule has 0 bridgehead atoms. The number of likely N-dealkylation sites (N-methyl/N-ethyl adjacent to an activating group) is 2. The molecule has 0 aliphatic carbocycles.